The highest BCUT2D eigenvalue weighted by Crippen LogP contribution is 2.19. The Morgan fingerprint density at radius 3 is 2.47 bits per heavy atom. The number of nitrogens with zero attached hydrogens (tertiary/aromatic N) is 2. The molecule has 2 aromatic carbocycles. The van der Waals surface area contributed by atoms with Crippen molar-refractivity contribution >= 4 is 17.5 Å². The van der Waals surface area contributed by atoms with Crippen LogP contribution >= 0.6 is 0 Å². The van der Waals surface area contributed by atoms with Gasteiger partial charge in [0.1, 0.15) is 12.3 Å². The van der Waals surface area contributed by atoms with Crippen LogP contribution in [0.15, 0.2) is 79.0 Å². The SMILES string of the molecule is O=C(O)CN(Cc1ccc(OCCCNc2cccc[n+]2[O-])cc1)c1ccccc1. The minimum atomic E-state index is -0.870. The smallest absolute Gasteiger partial charge is 0.323 e. The maximum absolute atomic E-state index is 11.5. The van der Waals surface area contributed by atoms with Gasteiger partial charge in [-0.05, 0) is 35.9 Å². The molecular weight excluding hydrogens is 382 g/mol. The van der Waals surface area contributed by atoms with Gasteiger partial charge in [0.05, 0.1) is 19.3 Å². The first kappa shape index (κ1) is 21.0. The zero-order valence-corrected chi connectivity index (χ0v) is 16.6. The summed E-state index contributed by atoms with van der Waals surface area (Å²) in [5.41, 5.74) is 1.86. The summed E-state index contributed by atoms with van der Waals surface area (Å²) in [5.74, 6) is 0.401. The quantitative estimate of drug-likeness (QED) is 0.288. The standard InChI is InChI=1S/C23H25N3O4/c27-23(28)18-25(20-7-2-1-3-8-20)17-19-10-12-21(13-11-19)30-16-6-14-24-22-9-4-5-15-26(22)29/h1-5,7-13,15,24H,6,14,16-18H2,(H,27,28). The summed E-state index contributed by atoms with van der Waals surface area (Å²) in [7, 11) is 0. The van der Waals surface area contributed by atoms with Crippen LogP contribution in [0, 0.1) is 5.21 Å². The van der Waals surface area contributed by atoms with E-state index >= 15 is 0 Å². The van der Waals surface area contributed by atoms with Crippen LogP contribution in [0.3, 0.4) is 0 Å². The van der Waals surface area contributed by atoms with Crippen LogP contribution in [0.2, 0.25) is 0 Å². The molecule has 0 fully saturated rings. The lowest BCUT2D eigenvalue weighted by Crippen LogP contribution is -2.30. The van der Waals surface area contributed by atoms with Crippen molar-refractivity contribution in [1.82, 2.24) is 0 Å². The average Bonchev–Trinajstić information content (AvgIpc) is 2.76. The van der Waals surface area contributed by atoms with Gasteiger partial charge in [-0.3, -0.25) is 10.1 Å². The number of carboxylic acid groups (broad SMARTS) is 1. The van der Waals surface area contributed by atoms with Crippen LogP contribution in [0.1, 0.15) is 12.0 Å². The van der Waals surface area contributed by atoms with E-state index in [0.29, 0.717) is 25.5 Å². The molecule has 0 radical (unpaired) electrons. The van der Waals surface area contributed by atoms with E-state index < -0.39 is 5.97 Å². The van der Waals surface area contributed by atoms with Crippen LogP contribution in [0.5, 0.6) is 5.75 Å². The lowest BCUT2D eigenvalue weighted by atomic mass is 10.2. The van der Waals surface area contributed by atoms with E-state index in [1.165, 1.54) is 6.20 Å². The Hall–Kier alpha value is -3.74. The minimum absolute atomic E-state index is 0.0694. The number of rotatable bonds is 11. The van der Waals surface area contributed by atoms with Crippen LogP contribution in [-0.4, -0.2) is 30.8 Å². The molecule has 2 N–H and O–H groups in total. The molecule has 7 heteroatoms. The lowest BCUT2D eigenvalue weighted by Gasteiger charge is -2.23. The number of hydrogen-bond acceptors (Lipinski definition) is 5. The number of aromatic nitrogens is 1. The number of ether oxygens (including phenoxy) is 1. The predicted octanol–water partition coefficient (Wildman–Crippen LogP) is 3.29. The molecule has 30 heavy (non-hydrogen) atoms. The van der Waals surface area contributed by atoms with Crippen LogP contribution < -0.4 is 19.7 Å². The number of anilines is 2. The molecule has 0 spiro atoms. The predicted molar refractivity (Wildman–Crippen MR) is 116 cm³/mol. The molecule has 3 rings (SSSR count). The van der Waals surface area contributed by atoms with E-state index in [9.17, 15) is 15.1 Å². The fourth-order valence-corrected chi connectivity index (χ4v) is 3.00. The third-order valence-corrected chi connectivity index (χ3v) is 4.46. The largest absolute Gasteiger partial charge is 0.711 e. The third kappa shape index (κ3) is 6.41. The average molecular weight is 407 g/mol. The van der Waals surface area contributed by atoms with Gasteiger partial charge in [0.15, 0.2) is 0 Å². The molecule has 156 valence electrons. The van der Waals surface area contributed by atoms with Gasteiger partial charge < -0.3 is 20.0 Å². The zero-order chi connectivity index (χ0) is 21.2. The second-order valence-electron chi connectivity index (χ2n) is 6.77. The zero-order valence-electron chi connectivity index (χ0n) is 16.6. The normalized spacial score (nSPS) is 10.4. The fourth-order valence-electron chi connectivity index (χ4n) is 3.00. The van der Waals surface area contributed by atoms with Crippen molar-refractivity contribution in [3.63, 3.8) is 0 Å². The number of hydrogen-bond donors (Lipinski definition) is 2. The molecule has 0 unspecified atom stereocenters. The van der Waals surface area contributed by atoms with Crippen molar-refractivity contribution in [3.05, 3.63) is 89.8 Å². The number of nitrogens with one attached hydrogen (secondary N) is 1. The maximum atomic E-state index is 11.5. The number of carboxylic acids is 1. The third-order valence-electron chi connectivity index (χ3n) is 4.46. The molecule has 0 saturated heterocycles. The first-order valence-electron chi connectivity index (χ1n) is 9.77. The molecule has 7 nitrogen and oxygen atoms in total. The highest BCUT2D eigenvalue weighted by molar-refractivity contribution is 5.73. The van der Waals surface area contributed by atoms with Gasteiger partial charge in [0, 0.05) is 24.7 Å². The molecule has 0 aliphatic carbocycles. The summed E-state index contributed by atoms with van der Waals surface area (Å²) >= 11 is 0. The van der Waals surface area contributed by atoms with Gasteiger partial charge >= 0.3 is 5.97 Å². The molecule has 0 atom stereocenters. The van der Waals surface area contributed by atoms with Crippen molar-refractivity contribution < 1.29 is 19.4 Å². The number of carbonyl (C=O) groups is 1. The van der Waals surface area contributed by atoms with Crippen molar-refractivity contribution in [1.29, 1.82) is 0 Å². The minimum Gasteiger partial charge on any atom is -0.711 e. The summed E-state index contributed by atoms with van der Waals surface area (Å²) in [6.07, 6.45) is 2.20. The Labute approximate surface area is 175 Å². The van der Waals surface area contributed by atoms with E-state index in [0.717, 1.165) is 28.2 Å². The summed E-state index contributed by atoms with van der Waals surface area (Å²) in [4.78, 5) is 13.0. The highest BCUT2D eigenvalue weighted by atomic mass is 16.5. The Balaban J connectivity index is 1.47. The van der Waals surface area contributed by atoms with Crippen LogP contribution in [0.4, 0.5) is 11.5 Å². The monoisotopic (exact) mass is 407 g/mol. The summed E-state index contributed by atoms with van der Waals surface area (Å²) in [6.45, 7) is 1.57. The van der Waals surface area contributed by atoms with E-state index in [-0.39, 0.29) is 6.54 Å². The number of para-hydroxylation sites is 1. The molecule has 1 heterocycles. The first-order chi connectivity index (χ1) is 14.6. The van der Waals surface area contributed by atoms with E-state index in [1.807, 2.05) is 65.6 Å². The highest BCUT2D eigenvalue weighted by Gasteiger charge is 2.11. The lowest BCUT2D eigenvalue weighted by molar-refractivity contribution is -0.590. The number of pyridine rings is 1. The molecule has 0 aliphatic rings. The molecule has 0 aliphatic heterocycles. The van der Waals surface area contributed by atoms with Crippen LogP contribution in [0.25, 0.3) is 0 Å². The molecular formula is C23H25N3O4. The van der Waals surface area contributed by atoms with Crippen molar-refractivity contribution in [2.24, 2.45) is 0 Å². The second-order valence-corrected chi connectivity index (χ2v) is 6.77. The molecule has 3 aromatic rings. The first-order valence-corrected chi connectivity index (χ1v) is 9.77. The molecule has 1 aromatic heterocycles. The maximum Gasteiger partial charge on any atom is 0.323 e. The van der Waals surface area contributed by atoms with Crippen LogP contribution in [-0.2, 0) is 11.3 Å². The second kappa shape index (κ2) is 10.7. The van der Waals surface area contributed by atoms with Crippen molar-refractivity contribution in [2.45, 2.75) is 13.0 Å². The van der Waals surface area contributed by atoms with Gasteiger partial charge in [0.25, 0.3) is 5.82 Å². The van der Waals surface area contributed by atoms with Gasteiger partial charge in [-0.15, -0.1) is 0 Å². The molecule has 0 amide bonds. The summed E-state index contributed by atoms with van der Waals surface area (Å²) < 4.78 is 6.55. The Bertz CT molecular complexity index is 933. The van der Waals surface area contributed by atoms with Gasteiger partial charge in [-0.25, -0.2) is 4.73 Å². The summed E-state index contributed by atoms with van der Waals surface area (Å²) in [5, 5.41) is 23.8. The molecule has 0 saturated carbocycles. The van der Waals surface area contributed by atoms with Gasteiger partial charge in [0.2, 0.25) is 0 Å². The number of aliphatic carboxylic acids is 1. The van der Waals surface area contributed by atoms with Crippen molar-refractivity contribution in [2.75, 3.05) is 29.9 Å². The Morgan fingerprint density at radius 2 is 1.77 bits per heavy atom. The van der Waals surface area contributed by atoms with E-state index in [2.05, 4.69) is 5.32 Å². The van der Waals surface area contributed by atoms with E-state index in [1.54, 1.807) is 12.1 Å². The Morgan fingerprint density at radius 1 is 1.03 bits per heavy atom. The van der Waals surface area contributed by atoms with Gasteiger partial charge in [-0.1, -0.05) is 36.4 Å². The Kier molecular flexibility index (Phi) is 7.49. The molecule has 0 bridgehead atoms. The van der Waals surface area contributed by atoms with E-state index in [4.69, 9.17) is 4.74 Å². The summed E-state index contributed by atoms with van der Waals surface area (Å²) in [6, 6.07) is 22.4. The number of benzene rings is 2. The topological polar surface area (TPSA) is 88.7 Å². The van der Waals surface area contributed by atoms with Crippen molar-refractivity contribution in [3.8, 4) is 5.75 Å². The fraction of sp³-hybridized carbons (Fsp3) is 0.217. The van der Waals surface area contributed by atoms with Gasteiger partial charge in [-0.2, -0.15) is 0 Å².